The van der Waals surface area contributed by atoms with Crippen LogP contribution in [-0.4, -0.2) is 23.5 Å². The number of aromatic nitrogens is 2. The van der Waals surface area contributed by atoms with Gasteiger partial charge in [0.05, 0.1) is 5.75 Å². The summed E-state index contributed by atoms with van der Waals surface area (Å²) in [5.41, 5.74) is 0. The highest BCUT2D eigenvalue weighted by atomic mass is 32.2. The van der Waals surface area contributed by atoms with E-state index in [0.717, 1.165) is 17.6 Å². The molecule has 1 aromatic rings. The van der Waals surface area contributed by atoms with Crippen molar-refractivity contribution in [3.05, 3.63) is 18.5 Å². The third-order valence-electron chi connectivity index (χ3n) is 1.77. The smallest absolute Gasteiger partial charge is 0.221 e. The molecule has 0 radical (unpaired) electrons. The zero-order valence-electron chi connectivity index (χ0n) is 8.27. The van der Waals surface area contributed by atoms with Crippen molar-refractivity contribution in [2.24, 2.45) is 0 Å². The Bertz CT molecular complexity index is 439. The average molecular weight is 268 g/mol. The Morgan fingerprint density at radius 3 is 2.75 bits per heavy atom. The molecule has 0 aliphatic heterocycles. The third kappa shape index (κ3) is 4.31. The lowest BCUT2D eigenvalue weighted by molar-refractivity contribution is 0.417. The van der Waals surface area contributed by atoms with Crippen LogP contribution < -0.4 is 0 Å². The maximum Gasteiger partial charge on any atom is 0.266 e. The van der Waals surface area contributed by atoms with E-state index in [2.05, 4.69) is 9.36 Å². The first-order valence-corrected chi connectivity index (χ1v) is 6.95. The molecule has 0 atom stereocenters. The fourth-order valence-corrected chi connectivity index (χ4v) is 3.11. The average Bonchev–Trinajstić information content (AvgIpc) is 2.69. The Kier molecular flexibility index (Phi) is 4.94. The van der Waals surface area contributed by atoms with Gasteiger partial charge in [0.25, 0.3) is 6.08 Å². The molecule has 4 nitrogen and oxygen atoms in total. The van der Waals surface area contributed by atoms with Gasteiger partial charge >= 0.3 is 0 Å². The van der Waals surface area contributed by atoms with Crippen molar-refractivity contribution in [2.75, 3.05) is 5.75 Å². The maximum absolute atomic E-state index is 11.6. The molecule has 0 amide bonds. The molecule has 0 N–H and O–H groups in total. The third-order valence-corrected chi connectivity index (χ3v) is 4.68. The largest absolute Gasteiger partial charge is 0.266 e. The highest BCUT2D eigenvalue weighted by Gasteiger charge is 2.17. The number of rotatable bonds is 6. The summed E-state index contributed by atoms with van der Waals surface area (Å²) in [6.07, 6.45) is 1.18. The molecule has 0 spiro atoms. The Hall–Kier alpha value is -0.890. The summed E-state index contributed by atoms with van der Waals surface area (Å²) in [5, 5.41) is 0. The fourth-order valence-electron chi connectivity index (χ4n) is 1.03. The summed E-state index contributed by atoms with van der Waals surface area (Å²) >= 11 is 0.818. The van der Waals surface area contributed by atoms with E-state index < -0.39 is 15.9 Å². The summed E-state index contributed by atoms with van der Waals surface area (Å²) in [4.78, 5) is 3.60. The summed E-state index contributed by atoms with van der Waals surface area (Å²) in [6, 6.07) is 0. The highest BCUT2D eigenvalue weighted by molar-refractivity contribution is 7.93. The van der Waals surface area contributed by atoms with Gasteiger partial charge in [-0.15, -0.1) is 0 Å². The molecule has 0 aliphatic rings. The van der Waals surface area contributed by atoms with Gasteiger partial charge in [0, 0.05) is 0 Å². The molecular formula is C8H10F2N2O2S2. The van der Waals surface area contributed by atoms with Gasteiger partial charge in [0.1, 0.15) is 6.33 Å². The topological polar surface area (TPSA) is 59.9 Å². The summed E-state index contributed by atoms with van der Waals surface area (Å²) < 4.78 is 49.9. The van der Waals surface area contributed by atoms with Gasteiger partial charge in [-0.05, 0) is 36.9 Å². The van der Waals surface area contributed by atoms with Crippen molar-refractivity contribution in [1.29, 1.82) is 0 Å². The van der Waals surface area contributed by atoms with E-state index in [1.54, 1.807) is 0 Å². The summed E-state index contributed by atoms with van der Waals surface area (Å²) in [5.74, 6) is -0.0794. The minimum absolute atomic E-state index is 0.0142. The first-order valence-electron chi connectivity index (χ1n) is 4.53. The quantitative estimate of drug-likeness (QED) is 0.742. The van der Waals surface area contributed by atoms with E-state index in [1.165, 1.54) is 6.33 Å². The van der Waals surface area contributed by atoms with Crippen LogP contribution in [0.3, 0.4) is 0 Å². The van der Waals surface area contributed by atoms with Crippen LogP contribution >= 0.6 is 11.5 Å². The van der Waals surface area contributed by atoms with Crippen LogP contribution in [0.25, 0.3) is 0 Å². The van der Waals surface area contributed by atoms with Crippen molar-refractivity contribution in [3.63, 3.8) is 0 Å². The molecule has 0 saturated heterocycles. The van der Waals surface area contributed by atoms with Crippen LogP contribution in [0.2, 0.25) is 0 Å². The van der Waals surface area contributed by atoms with E-state index in [4.69, 9.17) is 0 Å². The maximum atomic E-state index is 11.6. The van der Waals surface area contributed by atoms with Gasteiger partial charge in [-0.25, -0.2) is 13.4 Å². The lowest BCUT2D eigenvalue weighted by Crippen LogP contribution is -2.06. The minimum Gasteiger partial charge on any atom is -0.221 e. The number of allylic oxidation sites excluding steroid dienone is 1. The van der Waals surface area contributed by atoms with Crippen molar-refractivity contribution < 1.29 is 17.2 Å². The predicted octanol–water partition coefficient (Wildman–Crippen LogP) is 2.26. The van der Waals surface area contributed by atoms with Crippen molar-refractivity contribution >= 4 is 21.4 Å². The normalized spacial score (nSPS) is 11.4. The molecular weight excluding hydrogens is 258 g/mol. The second-order valence-corrected chi connectivity index (χ2v) is 6.08. The molecule has 0 aromatic carbocycles. The van der Waals surface area contributed by atoms with Gasteiger partial charge in [0.15, 0.2) is 0 Å². The Balaban J connectivity index is 2.36. The zero-order chi connectivity index (χ0) is 12.0. The molecule has 0 bridgehead atoms. The molecule has 0 aliphatic carbocycles. The molecule has 1 aromatic heterocycles. The molecule has 1 heterocycles. The molecule has 0 unspecified atom stereocenters. The zero-order valence-corrected chi connectivity index (χ0v) is 9.90. The van der Waals surface area contributed by atoms with E-state index in [-0.39, 0.29) is 16.5 Å². The summed E-state index contributed by atoms with van der Waals surface area (Å²) in [7, 11) is -3.38. The monoisotopic (exact) mass is 268 g/mol. The van der Waals surface area contributed by atoms with Gasteiger partial charge in [0.2, 0.25) is 14.2 Å². The van der Waals surface area contributed by atoms with E-state index in [0.29, 0.717) is 12.8 Å². The Labute approximate surface area is 96.1 Å². The van der Waals surface area contributed by atoms with Crippen LogP contribution in [0, 0.1) is 0 Å². The number of hydrogen-bond donors (Lipinski definition) is 0. The molecule has 0 fully saturated rings. The Morgan fingerprint density at radius 2 is 2.19 bits per heavy atom. The number of hydrogen-bond acceptors (Lipinski definition) is 5. The van der Waals surface area contributed by atoms with Crippen LogP contribution in [-0.2, 0) is 9.84 Å². The molecule has 0 saturated carbocycles. The molecule has 8 heteroatoms. The van der Waals surface area contributed by atoms with Crippen LogP contribution in [0.5, 0.6) is 0 Å². The van der Waals surface area contributed by atoms with Crippen molar-refractivity contribution in [1.82, 2.24) is 9.36 Å². The number of sulfone groups is 1. The minimum atomic E-state index is -3.38. The van der Waals surface area contributed by atoms with E-state index >= 15 is 0 Å². The van der Waals surface area contributed by atoms with Crippen LogP contribution in [0.1, 0.15) is 19.3 Å². The van der Waals surface area contributed by atoms with Crippen LogP contribution in [0.4, 0.5) is 8.78 Å². The molecule has 90 valence electrons. The van der Waals surface area contributed by atoms with Crippen LogP contribution in [0.15, 0.2) is 22.8 Å². The van der Waals surface area contributed by atoms with Gasteiger partial charge in [-0.2, -0.15) is 13.2 Å². The highest BCUT2D eigenvalue weighted by Crippen LogP contribution is 2.13. The van der Waals surface area contributed by atoms with Gasteiger partial charge in [-0.3, -0.25) is 0 Å². The van der Waals surface area contributed by atoms with Crippen molar-refractivity contribution in [2.45, 2.75) is 23.6 Å². The standard InChI is InChI=1S/C8H10F2N2O2S2/c9-7(10)4-2-1-3-5-16(13,14)8-11-6-12-15-8/h4,6H,1-3,5H2. The first kappa shape index (κ1) is 13.2. The van der Waals surface area contributed by atoms with Gasteiger partial charge in [-0.1, -0.05) is 0 Å². The number of halogens is 2. The lowest BCUT2D eigenvalue weighted by Gasteiger charge is -1.98. The predicted molar refractivity (Wildman–Crippen MR) is 56.1 cm³/mol. The number of nitrogens with zero attached hydrogens (tertiary/aromatic N) is 2. The lowest BCUT2D eigenvalue weighted by atomic mass is 10.2. The Morgan fingerprint density at radius 1 is 1.44 bits per heavy atom. The summed E-state index contributed by atoms with van der Waals surface area (Å²) in [6.45, 7) is 0. The van der Waals surface area contributed by atoms with Crippen molar-refractivity contribution in [3.8, 4) is 0 Å². The molecule has 16 heavy (non-hydrogen) atoms. The fraction of sp³-hybridized carbons (Fsp3) is 0.500. The SMILES string of the molecule is O=S(=O)(CCCCC=C(F)F)c1ncns1. The van der Waals surface area contributed by atoms with E-state index in [1.807, 2.05) is 0 Å². The number of unbranched alkanes of at least 4 members (excludes halogenated alkanes) is 2. The second kappa shape index (κ2) is 6.00. The van der Waals surface area contributed by atoms with E-state index in [9.17, 15) is 17.2 Å². The second-order valence-electron chi connectivity index (χ2n) is 3.02. The first-order chi connectivity index (χ1) is 7.52. The molecule has 1 rings (SSSR count). The van der Waals surface area contributed by atoms with Gasteiger partial charge < -0.3 is 0 Å².